The Morgan fingerprint density at radius 3 is 2.29 bits per heavy atom. The van der Waals surface area contributed by atoms with Crippen LogP contribution in [0.25, 0.3) is 0 Å². The van der Waals surface area contributed by atoms with Gasteiger partial charge in [0, 0.05) is 0 Å². The largest absolute Gasteiger partial charge is 0.320 e. The first-order chi connectivity index (χ1) is 6.39. The van der Waals surface area contributed by atoms with Gasteiger partial charge in [0.15, 0.2) is 0 Å². The van der Waals surface area contributed by atoms with Gasteiger partial charge in [-0.2, -0.15) is 0 Å². The van der Waals surface area contributed by atoms with Gasteiger partial charge in [-0.1, -0.05) is 46.3 Å². The molecule has 0 spiro atoms. The lowest BCUT2D eigenvalue weighted by molar-refractivity contribution is 0.415. The van der Waals surface area contributed by atoms with Crippen molar-refractivity contribution in [1.29, 1.82) is 0 Å². The average Bonchev–Trinajstić information content (AvgIpc) is 2.09. The molecular weight excluding hydrogens is 170 g/mol. The third-order valence-electron chi connectivity index (χ3n) is 2.87. The third-order valence-corrected chi connectivity index (χ3v) is 2.87. The van der Waals surface area contributed by atoms with E-state index in [1.54, 1.807) is 0 Å². The molecule has 1 unspecified atom stereocenters. The molecule has 0 saturated carbocycles. The van der Waals surface area contributed by atoms with Gasteiger partial charge in [0.25, 0.3) is 0 Å². The molecule has 0 saturated heterocycles. The minimum Gasteiger partial charge on any atom is -0.320 e. The lowest BCUT2D eigenvalue weighted by atomic mass is 9.79. The third kappa shape index (κ3) is 5.43. The standard InChI is InChI=1S/C13H27N/c1-11(9-7-8-10-14-6)12(2)13(3,4)5/h11,14H,2,7-10H2,1,3-6H3. The van der Waals surface area contributed by atoms with E-state index >= 15 is 0 Å². The molecule has 0 bridgehead atoms. The van der Waals surface area contributed by atoms with Crippen LogP contribution in [0.4, 0.5) is 0 Å². The Morgan fingerprint density at radius 1 is 1.29 bits per heavy atom. The van der Waals surface area contributed by atoms with E-state index in [1.165, 1.54) is 24.8 Å². The minimum atomic E-state index is 0.266. The molecule has 0 aliphatic carbocycles. The Kier molecular flexibility index (Phi) is 6.10. The second-order valence-electron chi connectivity index (χ2n) is 5.28. The van der Waals surface area contributed by atoms with Crippen LogP contribution in [-0.4, -0.2) is 13.6 Å². The quantitative estimate of drug-likeness (QED) is 0.506. The number of hydrogen-bond acceptors (Lipinski definition) is 1. The zero-order chi connectivity index (χ0) is 11.2. The van der Waals surface area contributed by atoms with Crippen LogP contribution in [0, 0.1) is 11.3 Å². The summed E-state index contributed by atoms with van der Waals surface area (Å²) in [6.07, 6.45) is 3.85. The van der Waals surface area contributed by atoms with Crippen LogP contribution in [0.2, 0.25) is 0 Å². The molecule has 0 aliphatic rings. The predicted octanol–water partition coefficient (Wildman–Crippen LogP) is 3.61. The normalized spacial score (nSPS) is 14.1. The molecule has 0 aromatic rings. The summed E-state index contributed by atoms with van der Waals surface area (Å²) < 4.78 is 0. The summed E-state index contributed by atoms with van der Waals surface area (Å²) in [7, 11) is 2.01. The summed E-state index contributed by atoms with van der Waals surface area (Å²) in [5.41, 5.74) is 1.66. The van der Waals surface area contributed by atoms with Gasteiger partial charge in [-0.25, -0.2) is 0 Å². The van der Waals surface area contributed by atoms with Crippen molar-refractivity contribution in [3.05, 3.63) is 12.2 Å². The van der Waals surface area contributed by atoms with Gasteiger partial charge >= 0.3 is 0 Å². The van der Waals surface area contributed by atoms with Crippen LogP contribution >= 0.6 is 0 Å². The molecule has 14 heavy (non-hydrogen) atoms. The Morgan fingerprint density at radius 2 is 1.86 bits per heavy atom. The molecule has 0 radical (unpaired) electrons. The van der Waals surface area contributed by atoms with Crippen molar-refractivity contribution < 1.29 is 0 Å². The highest BCUT2D eigenvalue weighted by Crippen LogP contribution is 2.31. The Balaban J connectivity index is 3.74. The molecule has 0 aromatic carbocycles. The van der Waals surface area contributed by atoms with Crippen LogP contribution in [0.5, 0.6) is 0 Å². The van der Waals surface area contributed by atoms with Crippen molar-refractivity contribution in [2.24, 2.45) is 11.3 Å². The van der Waals surface area contributed by atoms with Crippen molar-refractivity contribution in [1.82, 2.24) is 5.32 Å². The van der Waals surface area contributed by atoms with E-state index in [9.17, 15) is 0 Å². The molecule has 1 atom stereocenters. The number of unbranched alkanes of at least 4 members (excludes halogenated alkanes) is 1. The summed E-state index contributed by atoms with van der Waals surface area (Å²) in [4.78, 5) is 0. The number of allylic oxidation sites excluding steroid dienone is 1. The second-order valence-corrected chi connectivity index (χ2v) is 5.28. The maximum absolute atomic E-state index is 4.21. The fraction of sp³-hybridized carbons (Fsp3) is 0.846. The van der Waals surface area contributed by atoms with Crippen LogP contribution in [0.1, 0.15) is 47.0 Å². The molecule has 1 heteroatoms. The summed E-state index contributed by atoms with van der Waals surface area (Å²) in [6.45, 7) is 14.4. The first-order valence-electron chi connectivity index (χ1n) is 5.73. The van der Waals surface area contributed by atoms with Gasteiger partial charge in [0.2, 0.25) is 0 Å². The van der Waals surface area contributed by atoms with E-state index in [2.05, 4.69) is 39.6 Å². The van der Waals surface area contributed by atoms with Crippen molar-refractivity contribution in [3.63, 3.8) is 0 Å². The highest BCUT2D eigenvalue weighted by atomic mass is 14.8. The molecule has 84 valence electrons. The van der Waals surface area contributed by atoms with Crippen LogP contribution in [0.3, 0.4) is 0 Å². The molecule has 0 aromatic heterocycles. The van der Waals surface area contributed by atoms with Crippen molar-refractivity contribution in [3.8, 4) is 0 Å². The van der Waals surface area contributed by atoms with Crippen molar-refractivity contribution in [2.45, 2.75) is 47.0 Å². The maximum Gasteiger partial charge on any atom is -0.00519 e. The van der Waals surface area contributed by atoms with Crippen LogP contribution < -0.4 is 5.32 Å². The zero-order valence-corrected chi connectivity index (χ0v) is 10.6. The summed E-state index contributed by atoms with van der Waals surface area (Å²) in [5, 5.41) is 3.18. The lowest BCUT2D eigenvalue weighted by Gasteiger charge is -2.27. The number of hydrogen-bond donors (Lipinski definition) is 1. The maximum atomic E-state index is 4.21. The first kappa shape index (κ1) is 13.7. The molecule has 0 heterocycles. The van der Waals surface area contributed by atoms with Gasteiger partial charge in [-0.15, -0.1) is 0 Å². The molecule has 0 amide bonds. The fourth-order valence-corrected chi connectivity index (χ4v) is 1.67. The molecular formula is C13H27N. The molecule has 1 nitrogen and oxygen atoms in total. The van der Waals surface area contributed by atoms with Crippen molar-refractivity contribution in [2.75, 3.05) is 13.6 Å². The van der Waals surface area contributed by atoms with Crippen LogP contribution in [0.15, 0.2) is 12.2 Å². The summed E-state index contributed by atoms with van der Waals surface area (Å²) in [6, 6.07) is 0. The Hall–Kier alpha value is -0.300. The topological polar surface area (TPSA) is 12.0 Å². The van der Waals surface area contributed by atoms with Crippen molar-refractivity contribution >= 4 is 0 Å². The highest BCUT2D eigenvalue weighted by Gasteiger charge is 2.19. The smallest absolute Gasteiger partial charge is 0.00519 e. The Labute approximate surface area is 90.0 Å². The van der Waals surface area contributed by atoms with E-state index < -0.39 is 0 Å². The van der Waals surface area contributed by atoms with E-state index in [-0.39, 0.29) is 5.41 Å². The van der Waals surface area contributed by atoms with E-state index in [0.717, 1.165) is 6.54 Å². The summed E-state index contributed by atoms with van der Waals surface area (Å²) in [5.74, 6) is 0.659. The Bertz CT molecular complexity index is 165. The average molecular weight is 197 g/mol. The fourth-order valence-electron chi connectivity index (χ4n) is 1.67. The van der Waals surface area contributed by atoms with Gasteiger partial charge in [0.05, 0.1) is 0 Å². The van der Waals surface area contributed by atoms with Crippen LogP contribution in [-0.2, 0) is 0 Å². The SMILES string of the molecule is C=C(C(C)CCCCNC)C(C)(C)C. The van der Waals surface area contributed by atoms with Gasteiger partial charge in [-0.05, 0) is 37.8 Å². The molecule has 0 fully saturated rings. The highest BCUT2D eigenvalue weighted by molar-refractivity contribution is 5.08. The lowest BCUT2D eigenvalue weighted by Crippen LogP contribution is -2.15. The number of nitrogens with one attached hydrogen (secondary N) is 1. The monoisotopic (exact) mass is 197 g/mol. The first-order valence-corrected chi connectivity index (χ1v) is 5.73. The number of rotatable bonds is 6. The molecule has 1 N–H and O–H groups in total. The second kappa shape index (κ2) is 6.23. The predicted molar refractivity (Wildman–Crippen MR) is 65.5 cm³/mol. The molecule has 0 aliphatic heterocycles. The van der Waals surface area contributed by atoms with E-state index in [4.69, 9.17) is 0 Å². The van der Waals surface area contributed by atoms with E-state index in [1.807, 2.05) is 7.05 Å². The summed E-state index contributed by atoms with van der Waals surface area (Å²) >= 11 is 0. The van der Waals surface area contributed by atoms with E-state index in [0.29, 0.717) is 5.92 Å². The van der Waals surface area contributed by atoms with Gasteiger partial charge < -0.3 is 5.32 Å². The van der Waals surface area contributed by atoms with Gasteiger partial charge in [0.1, 0.15) is 0 Å². The van der Waals surface area contributed by atoms with Gasteiger partial charge in [-0.3, -0.25) is 0 Å². The minimum absolute atomic E-state index is 0.266. The zero-order valence-electron chi connectivity index (χ0n) is 10.6. The molecule has 0 rings (SSSR count).